The maximum atomic E-state index is 10.7. The lowest BCUT2D eigenvalue weighted by atomic mass is 9.90. The fraction of sp³-hybridized carbons (Fsp3) is 0.833. The van der Waals surface area contributed by atoms with Crippen molar-refractivity contribution in [3.63, 3.8) is 0 Å². The minimum Gasteiger partial charge on any atom is -0.772 e. The zero-order chi connectivity index (χ0) is 9.78. The molecule has 0 amide bonds. The highest BCUT2D eigenvalue weighted by molar-refractivity contribution is 9.09. The molecule has 0 aromatic carbocycles. The molecule has 0 bridgehead atoms. The van der Waals surface area contributed by atoms with E-state index in [4.69, 9.17) is 5.11 Å². The minimum absolute atomic E-state index is 0.302. The molecule has 0 spiro atoms. The van der Waals surface area contributed by atoms with Gasteiger partial charge in [-0.1, -0.05) is 27.0 Å². The SMILES string of the molecule is CC(CCBr)(CS(=O)[O-])C(=O)O. The van der Waals surface area contributed by atoms with E-state index in [0.717, 1.165) is 0 Å². The van der Waals surface area contributed by atoms with Gasteiger partial charge in [0.05, 0.1) is 5.41 Å². The van der Waals surface area contributed by atoms with Crippen molar-refractivity contribution in [3.05, 3.63) is 0 Å². The number of aliphatic carboxylic acids is 1. The average molecular weight is 258 g/mol. The van der Waals surface area contributed by atoms with Gasteiger partial charge in [0.1, 0.15) is 0 Å². The van der Waals surface area contributed by atoms with E-state index in [1.54, 1.807) is 0 Å². The molecule has 0 aliphatic carbocycles. The highest BCUT2D eigenvalue weighted by atomic mass is 79.9. The summed E-state index contributed by atoms with van der Waals surface area (Å²) in [4.78, 5) is 10.7. The lowest BCUT2D eigenvalue weighted by Gasteiger charge is -2.24. The molecule has 0 rings (SSSR count). The molecule has 2 atom stereocenters. The Bertz CT molecular complexity index is 196. The summed E-state index contributed by atoms with van der Waals surface area (Å²) in [6.45, 7) is 1.42. The predicted molar refractivity (Wildman–Crippen MR) is 47.9 cm³/mol. The molecule has 1 N–H and O–H groups in total. The van der Waals surface area contributed by atoms with Crippen LogP contribution in [0, 0.1) is 5.41 Å². The maximum absolute atomic E-state index is 10.7. The molecule has 6 heteroatoms. The first-order chi connectivity index (χ1) is 5.42. The highest BCUT2D eigenvalue weighted by Crippen LogP contribution is 2.23. The standard InChI is InChI=1S/C6H11BrO4S/c1-6(2-3-7,5(8)9)4-12(10)11/h2-4H2,1H3,(H,8,9)(H,10,11)/p-1. The van der Waals surface area contributed by atoms with Gasteiger partial charge < -0.3 is 9.66 Å². The quantitative estimate of drug-likeness (QED) is 0.582. The van der Waals surface area contributed by atoms with Crippen LogP contribution in [-0.4, -0.2) is 30.9 Å². The van der Waals surface area contributed by atoms with Crippen molar-refractivity contribution in [2.75, 3.05) is 11.1 Å². The summed E-state index contributed by atoms with van der Waals surface area (Å²) < 4.78 is 20.6. The van der Waals surface area contributed by atoms with E-state index in [-0.39, 0.29) is 5.75 Å². The number of halogens is 1. The van der Waals surface area contributed by atoms with Crippen LogP contribution in [0.5, 0.6) is 0 Å². The van der Waals surface area contributed by atoms with Crippen molar-refractivity contribution in [2.45, 2.75) is 13.3 Å². The van der Waals surface area contributed by atoms with Gasteiger partial charge >= 0.3 is 5.97 Å². The number of hydrogen-bond donors (Lipinski definition) is 1. The summed E-state index contributed by atoms with van der Waals surface area (Å²) in [6, 6.07) is 0. The van der Waals surface area contributed by atoms with Gasteiger partial charge in [0.25, 0.3) is 0 Å². The molecule has 72 valence electrons. The molecular formula is C6H10BrO4S-. The Balaban J connectivity index is 4.38. The van der Waals surface area contributed by atoms with Gasteiger partial charge in [0.2, 0.25) is 0 Å². The van der Waals surface area contributed by atoms with Gasteiger partial charge in [-0.3, -0.25) is 9.00 Å². The minimum atomic E-state index is -2.31. The van der Waals surface area contributed by atoms with Crippen LogP contribution in [0.25, 0.3) is 0 Å². The Morgan fingerprint density at radius 2 is 2.25 bits per heavy atom. The van der Waals surface area contributed by atoms with Crippen molar-refractivity contribution in [3.8, 4) is 0 Å². The van der Waals surface area contributed by atoms with E-state index in [9.17, 15) is 13.6 Å². The van der Waals surface area contributed by atoms with Crippen LogP contribution in [0.15, 0.2) is 0 Å². The molecule has 0 fully saturated rings. The van der Waals surface area contributed by atoms with Gasteiger partial charge in [0, 0.05) is 11.1 Å². The first-order valence-corrected chi connectivity index (χ1v) is 5.64. The smallest absolute Gasteiger partial charge is 0.310 e. The third-order valence-corrected chi connectivity index (χ3v) is 2.87. The lowest BCUT2D eigenvalue weighted by Crippen LogP contribution is -2.33. The van der Waals surface area contributed by atoms with E-state index in [1.165, 1.54) is 6.92 Å². The van der Waals surface area contributed by atoms with E-state index < -0.39 is 22.5 Å². The molecule has 4 nitrogen and oxygen atoms in total. The Morgan fingerprint density at radius 3 is 2.50 bits per heavy atom. The average Bonchev–Trinajstić information content (AvgIpc) is 1.85. The number of carboxylic acid groups (broad SMARTS) is 1. The normalized spacial score (nSPS) is 18.2. The van der Waals surface area contributed by atoms with E-state index in [2.05, 4.69) is 15.9 Å². The lowest BCUT2D eigenvalue weighted by molar-refractivity contribution is -0.146. The number of rotatable bonds is 5. The van der Waals surface area contributed by atoms with Crippen molar-refractivity contribution in [2.24, 2.45) is 5.41 Å². The molecule has 0 aliphatic heterocycles. The van der Waals surface area contributed by atoms with E-state index in [1.807, 2.05) is 0 Å². The van der Waals surface area contributed by atoms with Gasteiger partial charge in [-0.25, -0.2) is 0 Å². The molecule has 0 saturated carbocycles. The first kappa shape index (κ1) is 12.1. The Labute approximate surface area is 81.8 Å². The van der Waals surface area contributed by atoms with E-state index >= 15 is 0 Å². The molecule has 0 aliphatic rings. The zero-order valence-corrected chi connectivity index (χ0v) is 8.98. The van der Waals surface area contributed by atoms with Crippen LogP contribution in [0.4, 0.5) is 0 Å². The number of carbonyl (C=O) groups is 1. The summed E-state index contributed by atoms with van der Waals surface area (Å²) in [5.74, 6) is -1.42. The molecular weight excluding hydrogens is 248 g/mol. The van der Waals surface area contributed by atoms with Crippen molar-refractivity contribution >= 4 is 33.0 Å². The molecule has 0 aromatic heterocycles. The topological polar surface area (TPSA) is 77.4 Å². The molecule has 2 unspecified atom stereocenters. The largest absolute Gasteiger partial charge is 0.772 e. The molecule has 0 radical (unpaired) electrons. The molecule has 12 heavy (non-hydrogen) atoms. The number of alkyl halides is 1. The van der Waals surface area contributed by atoms with Crippen molar-refractivity contribution in [1.29, 1.82) is 0 Å². The number of carboxylic acids is 1. The van der Waals surface area contributed by atoms with Crippen molar-refractivity contribution in [1.82, 2.24) is 0 Å². The van der Waals surface area contributed by atoms with Crippen LogP contribution in [-0.2, 0) is 15.9 Å². The fourth-order valence-corrected chi connectivity index (χ4v) is 2.37. The van der Waals surface area contributed by atoms with Crippen LogP contribution < -0.4 is 0 Å². The first-order valence-electron chi connectivity index (χ1n) is 3.27. The number of hydrogen-bond acceptors (Lipinski definition) is 3. The van der Waals surface area contributed by atoms with Gasteiger partial charge in [-0.2, -0.15) is 0 Å². The Morgan fingerprint density at radius 1 is 1.75 bits per heavy atom. The summed E-state index contributed by atoms with van der Waals surface area (Å²) in [6.07, 6.45) is 0.302. The predicted octanol–water partition coefficient (Wildman–Crippen LogP) is 0.741. The van der Waals surface area contributed by atoms with Crippen LogP contribution in [0.1, 0.15) is 13.3 Å². The van der Waals surface area contributed by atoms with Crippen LogP contribution in [0.3, 0.4) is 0 Å². The van der Waals surface area contributed by atoms with Gasteiger partial charge in [-0.15, -0.1) is 0 Å². The molecule has 0 heterocycles. The van der Waals surface area contributed by atoms with E-state index in [0.29, 0.717) is 11.8 Å². The Kier molecular flexibility index (Phi) is 4.96. The van der Waals surface area contributed by atoms with Crippen LogP contribution in [0.2, 0.25) is 0 Å². The third-order valence-electron chi connectivity index (χ3n) is 1.60. The second-order valence-corrected chi connectivity index (χ2v) is 4.44. The summed E-state index contributed by atoms with van der Waals surface area (Å²) >= 11 is 0.770. The fourth-order valence-electron chi connectivity index (χ4n) is 0.710. The van der Waals surface area contributed by atoms with Crippen molar-refractivity contribution < 1.29 is 18.7 Å². The summed E-state index contributed by atoms with van der Waals surface area (Å²) in [5, 5.41) is 9.20. The van der Waals surface area contributed by atoms with Gasteiger partial charge in [-0.05, 0) is 13.3 Å². The monoisotopic (exact) mass is 257 g/mol. The second kappa shape index (κ2) is 4.94. The molecule has 0 saturated heterocycles. The maximum Gasteiger partial charge on any atom is 0.310 e. The van der Waals surface area contributed by atoms with Gasteiger partial charge in [0.15, 0.2) is 0 Å². The third kappa shape index (κ3) is 3.64. The summed E-state index contributed by atoms with van der Waals surface area (Å²) in [7, 11) is 0. The summed E-state index contributed by atoms with van der Waals surface area (Å²) in [5.41, 5.74) is -1.17. The van der Waals surface area contributed by atoms with Crippen LogP contribution >= 0.6 is 15.9 Å². The molecule has 0 aromatic rings. The Hall–Kier alpha value is 0.0600. The highest BCUT2D eigenvalue weighted by Gasteiger charge is 2.32. The second-order valence-electron chi connectivity index (χ2n) is 2.75. The zero-order valence-electron chi connectivity index (χ0n) is 6.58.